The smallest absolute Gasteiger partial charge is 0.162 e. The Labute approximate surface area is 116 Å². The molecule has 1 aromatic heterocycles. The van der Waals surface area contributed by atoms with Crippen molar-refractivity contribution in [2.24, 2.45) is 0 Å². The van der Waals surface area contributed by atoms with E-state index in [2.05, 4.69) is 15.5 Å². The molecular weight excluding hydrogens is 254 g/mol. The molecular formula is C15H15N3O2. The highest BCUT2D eigenvalue weighted by Gasteiger charge is 2.08. The molecule has 3 N–H and O–H groups in total. The molecule has 5 heteroatoms. The van der Waals surface area contributed by atoms with Crippen LogP contribution in [0.15, 0.2) is 42.6 Å². The van der Waals surface area contributed by atoms with Gasteiger partial charge in [-0.3, -0.25) is 5.10 Å². The van der Waals surface area contributed by atoms with Crippen LogP contribution in [0.1, 0.15) is 5.56 Å². The van der Waals surface area contributed by atoms with Gasteiger partial charge in [-0.1, -0.05) is 18.2 Å². The van der Waals surface area contributed by atoms with Crippen LogP contribution in [0.5, 0.6) is 11.5 Å². The third-order valence-electron chi connectivity index (χ3n) is 3.26. The number of H-pyrrole nitrogens is 1. The number of fused-ring (bicyclic) bond motifs is 1. The van der Waals surface area contributed by atoms with E-state index in [1.165, 1.54) is 0 Å². The molecule has 0 spiro atoms. The normalized spacial score (nSPS) is 10.7. The number of aromatic nitrogens is 2. The van der Waals surface area contributed by atoms with Crippen LogP contribution in [-0.2, 0) is 6.54 Å². The van der Waals surface area contributed by atoms with E-state index in [0.29, 0.717) is 12.3 Å². The number of nitrogens with one attached hydrogen (secondary N) is 2. The van der Waals surface area contributed by atoms with E-state index in [9.17, 15) is 5.11 Å². The second kappa shape index (κ2) is 5.13. The molecule has 0 aliphatic carbocycles. The van der Waals surface area contributed by atoms with E-state index in [-0.39, 0.29) is 5.75 Å². The topological polar surface area (TPSA) is 70.2 Å². The summed E-state index contributed by atoms with van der Waals surface area (Å²) in [5.41, 5.74) is 2.73. The fourth-order valence-electron chi connectivity index (χ4n) is 2.19. The van der Waals surface area contributed by atoms with Gasteiger partial charge >= 0.3 is 0 Å². The van der Waals surface area contributed by atoms with Crippen molar-refractivity contribution in [2.45, 2.75) is 6.54 Å². The van der Waals surface area contributed by atoms with Gasteiger partial charge in [0.15, 0.2) is 11.5 Å². The first-order chi connectivity index (χ1) is 9.79. The summed E-state index contributed by atoms with van der Waals surface area (Å²) in [6.07, 6.45) is 1.78. The molecule has 0 amide bonds. The lowest BCUT2D eigenvalue weighted by Crippen LogP contribution is -2.00. The van der Waals surface area contributed by atoms with Gasteiger partial charge in [-0.2, -0.15) is 5.10 Å². The number of ether oxygens (including phenoxy) is 1. The van der Waals surface area contributed by atoms with E-state index >= 15 is 0 Å². The largest absolute Gasteiger partial charge is 0.504 e. The quantitative estimate of drug-likeness (QED) is 0.681. The summed E-state index contributed by atoms with van der Waals surface area (Å²) in [5, 5.41) is 21.3. The van der Waals surface area contributed by atoms with Gasteiger partial charge in [-0.25, -0.2) is 0 Å². The molecule has 102 valence electrons. The van der Waals surface area contributed by atoms with E-state index in [4.69, 9.17) is 4.74 Å². The molecule has 0 unspecified atom stereocenters. The third-order valence-corrected chi connectivity index (χ3v) is 3.26. The van der Waals surface area contributed by atoms with Crippen molar-refractivity contribution in [2.75, 3.05) is 12.4 Å². The Morgan fingerprint density at radius 3 is 2.95 bits per heavy atom. The van der Waals surface area contributed by atoms with Crippen molar-refractivity contribution in [1.82, 2.24) is 10.2 Å². The summed E-state index contributed by atoms with van der Waals surface area (Å²) in [6.45, 7) is 0.507. The van der Waals surface area contributed by atoms with Crippen LogP contribution in [0, 0.1) is 0 Å². The number of hydrogen-bond donors (Lipinski definition) is 3. The molecule has 0 fully saturated rings. The molecule has 0 bridgehead atoms. The zero-order valence-electron chi connectivity index (χ0n) is 11.1. The van der Waals surface area contributed by atoms with Gasteiger partial charge in [0.2, 0.25) is 0 Å². The van der Waals surface area contributed by atoms with Gasteiger partial charge in [-0.15, -0.1) is 0 Å². The number of methoxy groups -OCH3 is 1. The minimum absolute atomic E-state index is 0.168. The number of phenols is 1. The highest BCUT2D eigenvalue weighted by atomic mass is 16.5. The van der Waals surface area contributed by atoms with Crippen LogP contribution in [0.4, 0.5) is 5.69 Å². The number of hydrogen-bond acceptors (Lipinski definition) is 4. The molecule has 5 nitrogen and oxygen atoms in total. The minimum atomic E-state index is 0.168. The van der Waals surface area contributed by atoms with Gasteiger partial charge in [0, 0.05) is 23.2 Å². The Morgan fingerprint density at radius 1 is 1.25 bits per heavy atom. The number of rotatable bonds is 4. The van der Waals surface area contributed by atoms with Crippen molar-refractivity contribution in [3.63, 3.8) is 0 Å². The maximum atomic E-state index is 10.1. The first-order valence-electron chi connectivity index (χ1n) is 6.30. The van der Waals surface area contributed by atoms with Crippen LogP contribution in [0.3, 0.4) is 0 Å². The molecule has 0 radical (unpaired) electrons. The van der Waals surface area contributed by atoms with E-state index in [1.54, 1.807) is 19.4 Å². The third kappa shape index (κ3) is 2.14. The van der Waals surface area contributed by atoms with Gasteiger partial charge < -0.3 is 15.2 Å². The molecule has 3 aromatic rings. The zero-order chi connectivity index (χ0) is 13.9. The summed E-state index contributed by atoms with van der Waals surface area (Å²) in [5.74, 6) is 0.646. The number of phenolic OH excluding ortho intramolecular Hbond substituents is 1. The highest BCUT2D eigenvalue weighted by Crippen LogP contribution is 2.30. The Balaban J connectivity index is 1.85. The van der Waals surface area contributed by atoms with Crippen LogP contribution in [0.25, 0.3) is 10.9 Å². The summed E-state index contributed by atoms with van der Waals surface area (Å²) >= 11 is 0. The molecule has 3 rings (SSSR count). The number of benzene rings is 2. The maximum absolute atomic E-state index is 10.1. The predicted octanol–water partition coefficient (Wildman–Crippen LogP) is 2.89. The molecule has 0 aliphatic rings. The fraction of sp³-hybridized carbons (Fsp3) is 0.133. The lowest BCUT2D eigenvalue weighted by atomic mass is 10.1. The van der Waals surface area contributed by atoms with Gasteiger partial charge in [-0.05, 0) is 18.2 Å². The van der Waals surface area contributed by atoms with E-state index in [0.717, 1.165) is 22.2 Å². The number of para-hydroxylation sites is 1. The zero-order valence-corrected chi connectivity index (χ0v) is 11.1. The Kier molecular flexibility index (Phi) is 3.16. The van der Waals surface area contributed by atoms with Gasteiger partial charge in [0.25, 0.3) is 0 Å². The first kappa shape index (κ1) is 12.3. The van der Waals surface area contributed by atoms with Crippen LogP contribution >= 0.6 is 0 Å². The van der Waals surface area contributed by atoms with Crippen molar-refractivity contribution in [3.8, 4) is 11.5 Å². The molecule has 20 heavy (non-hydrogen) atoms. The lowest BCUT2D eigenvalue weighted by molar-refractivity contribution is 0.371. The first-order valence-corrected chi connectivity index (χ1v) is 6.30. The molecule has 0 aliphatic heterocycles. The summed E-state index contributed by atoms with van der Waals surface area (Å²) in [6, 6.07) is 11.4. The monoisotopic (exact) mass is 269 g/mol. The summed E-state index contributed by atoms with van der Waals surface area (Å²) in [4.78, 5) is 0. The standard InChI is InChI=1S/C15H15N3O2/c1-20-14-7-2-4-10(15(14)19)8-16-12-5-3-6-13-11(12)9-17-18-13/h2-7,9,16,19H,8H2,1H3,(H,17,18). The molecule has 1 heterocycles. The minimum Gasteiger partial charge on any atom is -0.504 e. The average molecular weight is 269 g/mol. The number of aromatic amines is 1. The summed E-state index contributed by atoms with van der Waals surface area (Å²) in [7, 11) is 1.54. The number of aromatic hydroxyl groups is 1. The van der Waals surface area contributed by atoms with Crippen molar-refractivity contribution < 1.29 is 9.84 Å². The number of anilines is 1. The second-order valence-corrected chi connectivity index (χ2v) is 4.46. The second-order valence-electron chi connectivity index (χ2n) is 4.46. The van der Waals surface area contributed by atoms with E-state index in [1.807, 2.05) is 30.3 Å². The fourth-order valence-corrected chi connectivity index (χ4v) is 2.19. The maximum Gasteiger partial charge on any atom is 0.162 e. The van der Waals surface area contributed by atoms with Gasteiger partial charge in [0.05, 0.1) is 18.8 Å². The molecule has 0 saturated heterocycles. The summed E-state index contributed by atoms with van der Waals surface area (Å²) < 4.78 is 5.10. The van der Waals surface area contributed by atoms with Crippen molar-refractivity contribution >= 4 is 16.6 Å². The highest BCUT2D eigenvalue weighted by molar-refractivity contribution is 5.90. The SMILES string of the molecule is COc1cccc(CNc2cccc3[nH]ncc23)c1O. The lowest BCUT2D eigenvalue weighted by Gasteiger charge is -2.11. The van der Waals surface area contributed by atoms with Gasteiger partial charge in [0.1, 0.15) is 0 Å². The molecule has 2 aromatic carbocycles. The van der Waals surface area contributed by atoms with E-state index < -0.39 is 0 Å². The number of nitrogens with zero attached hydrogens (tertiary/aromatic N) is 1. The Morgan fingerprint density at radius 2 is 2.10 bits per heavy atom. The molecule has 0 saturated carbocycles. The molecule has 0 atom stereocenters. The van der Waals surface area contributed by atoms with Crippen LogP contribution < -0.4 is 10.1 Å². The van der Waals surface area contributed by atoms with Crippen LogP contribution in [0.2, 0.25) is 0 Å². The Bertz CT molecular complexity index is 737. The van der Waals surface area contributed by atoms with Crippen LogP contribution in [-0.4, -0.2) is 22.4 Å². The van der Waals surface area contributed by atoms with Crippen molar-refractivity contribution in [1.29, 1.82) is 0 Å². The predicted molar refractivity (Wildman–Crippen MR) is 78.1 cm³/mol. The average Bonchev–Trinajstić information content (AvgIpc) is 2.95. The van der Waals surface area contributed by atoms with Crippen molar-refractivity contribution in [3.05, 3.63) is 48.2 Å². The Hall–Kier alpha value is -2.69.